The van der Waals surface area contributed by atoms with Gasteiger partial charge in [0.2, 0.25) is 5.91 Å². The zero-order valence-electron chi connectivity index (χ0n) is 10.8. The van der Waals surface area contributed by atoms with E-state index in [-0.39, 0.29) is 17.8 Å². The maximum Gasteiger partial charge on any atom is 0.418 e. The number of nitrogens with zero attached hydrogens (tertiary/aromatic N) is 1. The number of alkyl halides is 3. The summed E-state index contributed by atoms with van der Waals surface area (Å²) < 4.78 is 38.8. The number of carbonyl (C=O) groups is 1. The van der Waals surface area contributed by atoms with E-state index in [9.17, 15) is 18.0 Å². The van der Waals surface area contributed by atoms with Gasteiger partial charge >= 0.3 is 6.18 Å². The summed E-state index contributed by atoms with van der Waals surface area (Å²) in [6, 6.07) is 5.57. The van der Waals surface area contributed by atoms with E-state index in [2.05, 4.69) is 4.98 Å². The largest absolute Gasteiger partial charge is 0.418 e. The van der Waals surface area contributed by atoms with Crippen molar-refractivity contribution in [3.8, 4) is 0 Å². The van der Waals surface area contributed by atoms with Crippen molar-refractivity contribution >= 4 is 28.6 Å². The van der Waals surface area contributed by atoms with Crippen molar-refractivity contribution in [2.45, 2.75) is 17.5 Å². The van der Waals surface area contributed by atoms with Crippen molar-refractivity contribution in [3.05, 3.63) is 36.0 Å². The van der Waals surface area contributed by atoms with Crippen LogP contribution in [0, 0.1) is 0 Å². The zero-order chi connectivity index (χ0) is 15.5. The van der Waals surface area contributed by atoms with Crippen molar-refractivity contribution in [2.75, 3.05) is 5.75 Å². The summed E-state index contributed by atoms with van der Waals surface area (Å²) in [5.41, 5.74) is 1.16. The number of halogens is 3. The Bertz CT molecular complexity index is 661. The number of nitrogens with two attached hydrogens (primary N) is 1. The number of pyridine rings is 1. The molecule has 0 aliphatic heterocycles. The molecule has 2 rings (SSSR count). The Balaban J connectivity index is 2.32. The Morgan fingerprint density at radius 3 is 2.76 bits per heavy atom. The monoisotopic (exact) mass is 315 g/mol. The van der Waals surface area contributed by atoms with Crippen LogP contribution in [0.25, 0.3) is 10.9 Å². The molecule has 8 heteroatoms. The fourth-order valence-electron chi connectivity index (χ4n) is 1.83. The lowest BCUT2D eigenvalue weighted by molar-refractivity contribution is -0.136. The van der Waals surface area contributed by atoms with Crippen LogP contribution in [0.15, 0.2) is 35.4 Å². The third-order valence-electron chi connectivity index (χ3n) is 2.78. The van der Waals surface area contributed by atoms with Gasteiger partial charge in [0.05, 0.1) is 11.1 Å². The van der Waals surface area contributed by atoms with Crippen LogP contribution in [0.5, 0.6) is 0 Å². The van der Waals surface area contributed by atoms with Gasteiger partial charge in [0, 0.05) is 28.7 Å². The standard InChI is InChI=1S/C13H12F3N3OS/c14-13(15,16)9-3-1-2-8-10(4-6-18-12(8)9)21-7-5-11(20)19-17/h1-4,6H,5,7,17H2,(H,19,20). The van der Waals surface area contributed by atoms with Gasteiger partial charge in [-0.1, -0.05) is 12.1 Å². The average molecular weight is 315 g/mol. The van der Waals surface area contributed by atoms with E-state index in [1.54, 1.807) is 12.1 Å². The molecule has 3 N–H and O–H groups in total. The fraction of sp³-hybridized carbons (Fsp3) is 0.231. The van der Waals surface area contributed by atoms with Crippen LogP contribution in [0.4, 0.5) is 13.2 Å². The minimum atomic E-state index is -4.45. The first-order valence-electron chi connectivity index (χ1n) is 6.00. The fourth-order valence-corrected chi connectivity index (χ4v) is 2.82. The molecule has 0 aliphatic rings. The van der Waals surface area contributed by atoms with E-state index in [0.717, 1.165) is 6.07 Å². The number of amides is 1. The average Bonchev–Trinajstić information content (AvgIpc) is 2.45. The second kappa shape index (κ2) is 6.31. The van der Waals surface area contributed by atoms with Crippen LogP contribution in [0.3, 0.4) is 0 Å². The van der Waals surface area contributed by atoms with Crippen LogP contribution < -0.4 is 11.3 Å². The van der Waals surface area contributed by atoms with Gasteiger partial charge in [-0.15, -0.1) is 11.8 Å². The molecular weight excluding hydrogens is 303 g/mol. The Labute approximate surface area is 122 Å². The lowest BCUT2D eigenvalue weighted by Gasteiger charge is -2.11. The Kier molecular flexibility index (Phi) is 4.69. The molecule has 0 atom stereocenters. The first-order chi connectivity index (χ1) is 9.93. The van der Waals surface area contributed by atoms with E-state index in [0.29, 0.717) is 16.0 Å². The molecule has 0 unspecified atom stereocenters. The molecule has 112 valence electrons. The first-order valence-corrected chi connectivity index (χ1v) is 6.99. The first kappa shape index (κ1) is 15.6. The highest BCUT2D eigenvalue weighted by Crippen LogP contribution is 2.36. The summed E-state index contributed by atoms with van der Waals surface area (Å²) in [5, 5.41) is 0.422. The Morgan fingerprint density at radius 1 is 1.33 bits per heavy atom. The summed E-state index contributed by atoms with van der Waals surface area (Å²) in [7, 11) is 0. The van der Waals surface area contributed by atoms with Gasteiger partial charge in [0.15, 0.2) is 0 Å². The SMILES string of the molecule is NNC(=O)CCSc1ccnc2c(C(F)(F)F)cccc12. The minimum absolute atomic E-state index is 0.0849. The van der Waals surface area contributed by atoms with E-state index in [1.165, 1.54) is 24.0 Å². The van der Waals surface area contributed by atoms with E-state index < -0.39 is 11.7 Å². The van der Waals surface area contributed by atoms with Gasteiger partial charge in [-0.2, -0.15) is 13.2 Å². The van der Waals surface area contributed by atoms with Crippen LogP contribution >= 0.6 is 11.8 Å². The molecule has 0 aliphatic carbocycles. The second-order valence-corrected chi connectivity index (χ2v) is 5.31. The molecule has 0 saturated heterocycles. The molecule has 0 bridgehead atoms. The normalized spacial score (nSPS) is 11.6. The molecule has 0 spiro atoms. The third-order valence-corrected chi connectivity index (χ3v) is 3.86. The molecule has 2 aromatic rings. The quantitative estimate of drug-likeness (QED) is 0.394. The number of nitrogens with one attached hydrogen (secondary N) is 1. The number of carbonyl (C=O) groups excluding carboxylic acids is 1. The third kappa shape index (κ3) is 3.64. The van der Waals surface area contributed by atoms with Crippen molar-refractivity contribution in [2.24, 2.45) is 5.84 Å². The lowest BCUT2D eigenvalue weighted by Crippen LogP contribution is -2.30. The number of para-hydroxylation sites is 1. The molecule has 1 aromatic heterocycles. The van der Waals surface area contributed by atoms with Crippen molar-refractivity contribution in [1.82, 2.24) is 10.4 Å². The van der Waals surface area contributed by atoms with Crippen molar-refractivity contribution < 1.29 is 18.0 Å². The van der Waals surface area contributed by atoms with Crippen LogP contribution in [-0.2, 0) is 11.0 Å². The Hall–Kier alpha value is -1.80. The summed E-state index contributed by atoms with van der Waals surface area (Å²) in [5.74, 6) is 5.06. The number of benzene rings is 1. The van der Waals surface area contributed by atoms with E-state index in [4.69, 9.17) is 5.84 Å². The lowest BCUT2D eigenvalue weighted by atomic mass is 10.1. The summed E-state index contributed by atoms with van der Waals surface area (Å²) >= 11 is 1.29. The molecule has 0 radical (unpaired) electrons. The van der Waals surface area contributed by atoms with Crippen molar-refractivity contribution in [1.29, 1.82) is 0 Å². The predicted octanol–water partition coefficient (Wildman–Crippen LogP) is 2.73. The molecule has 4 nitrogen and oxygen atoms in total. The Morgan fingerprint density at radius 2 is 2.10 bits per heavy atom. The number of aromatic nitrogens is 1. The molecule has 1 amide bonds. The predicted molar refractivity (Wildman–Crippen MR) is 74.4 cm³/mol. The number of hydrogen-bond acceptors (Lipinski definition) is 4. The highest BCUT2D eigenvalue weighted by atomic mass is 32.2. The van der Waals surface area contributed by atoms with Crippen LogP contribution in [-0.4, -0.2) is 16.6 Å². The minimum Gasteiger partial charge on any atom is -0.294 e. The number of hydrazine groups is 1. The molecule has 0 saturated carbocycles. The second-order valence-electron chi connectivity index (χ2n) is 4.17. The molecular formula is C13H12F3N3OS. The highest BCUT2D eigenvalue weighted by Gasteiger charge is 2.33. The number of fused-ring (bicyclic) bond motifs is 1. The zero-order valence-corrected chi connectivity index (χ0v) is 11.6. The molecule has 0 fully saturated rings. The maximum absolute atomic E-state index is 12.9. The van der Waals surface area contributed by atoms with Gasteiger partial charge in [-0.3, -0.25) is 15.2 Å². The van der Waals surface area contributed by atoms with Gasteiger partial charge in [-0.25, -0.2) is 5.84 Å². The van der Waals surface area contributed by atoms with Crippen molar-refractivity contribution in [3.63, 3.8) is 0 Å². The number of rotatable bonds is 4. The maximum atomic E-state index is 12.9. The van der Waals surface area contributed by atoms with E-state index >= 15 is 0 Å². The summed E-state index contributed by atoms with van der Waals surface area (Å²) in [4.78, 5) is 15.5. The summed E-state index contributed by atoms with van der Waals surface area (Å²) in [6.45, 7) is 0. The van der Waals surface area contributed by atoms with Gasteiger partial charge in [0.25, 0.3) is 0 Å². The van der Waals surface area contributed by atoms with Crippen LogP contribution in [0.2, 0.25) is 0 Å². The topological polar surface area (TPSA) is 68.0 Å². The smallest absolute Gasteiger partial charge is 0.294 e. The number of hydrogen-bond donors (Lipinski definition) is 2. The van der Waals surface area contributed by atoms with Gasteiger partial charge < -0.3 is 0 Å². The molecule has 1 aromatic carbocycles. The summed E-state index contributed by atoms with van der Waals surface area (Å²) in [6.07, 6.45) is -2.93. The molecule has 21 heavy (non-hydrogen) atoms. The highest BCUT2D eigenvalue weighted by molar-refractivity contribution is 7.99. The van der Waals surface area contributed by atoms with Gasteiger partial charge in [0.1, 0.15) is 0 Å². The van der Waals surface area contributed by atoms with Gasteiger partial charge in [-0.05, 0) is 12.1 Å². The van der Waals surface area contributed by atoms with E-state index in [1.807, 2.05) is 5.43 Å². The molecule has 1 heterocycles. The van der Waals surface area contributed by atoms with Crippen LogP contribution in [0.1, 0.15) is 12.0 Å². The number of thioether (sulfide) groups is 1.